The van der Waals surface area contributed by atoms with E-state index in [1.165, 1.54) is 24.9 Å². The van der Waals surface area contributed by atoms with Crippen molar-refractivity contribution in [3.05, 3.63) is 35.9 Å². The van der Waals surface area contributed by atoms with Crippen LogP contribution in [-0.4, -0.2) is 30.1 Å². The molecule has 1 N–H and O–H groups in total. The van der Waals surface area contributed by atoms with Crippen molar-refractivity contribution >= 4 is 0 Å². The summed E-state index contributed by atoms with van der Waals surface area (Å²) in [6.45, 7) is 10.4. The van der Waals surface area contributed by atoms with Crippen molar-refractivity contribution in [2.45, 2.75) is 52.2 Å². The van der Waals surface area contributed by atoms with Crippen LogP contribution in [0.3, 0.4) is 0 Å². The summed E-state index contributed by atoms with van der Waals surface area (Å²) < 4.78 is 0. The summed E-state index contributed by atoms with van der Waals surface area (Å²) in [6, 6.07) is 12.2. The molecule has 0 saturated carbocycles. The molecule has 1 fully saturated rings. The zero-order valence-electron chi connectivity index (χ0n) is 12.6. The molecule has 1 saturated heterocycles. The van der Waals surface area contributed by atoms with Gasteiger partial charge in [0.2, 0.25) is 0 Å². The molecule has 0 aromatic heterocycles. The maximum Gasteiger partial charge on any atom is 0.0250 e. The Kier molecular flexibility index (Phi) is 5.41. The Morgan fingerprint density at radius 1 is 1.26 bits per heavy atom. The summed E-state index contributed by atoms with van der Waals surface area (Å²) in [6.07, 6.45) is 2.48. The zero-order valence-corrected chi connectivity index (χ0v) is 12.6. The highest BCUT2D eigenvalue weighted by Crippen LogP contribution is 2.21. The summed E-state index contributed by atoms with van der Waals surface area (Å²) >= 11 is 0. The van der Waals surface area contributed by atoms with Crippen LogP contribution in [0.5, 0.6) is 0 Å². The lowest BCUT2D eigenvalue weighted by Crippen LogP contribution is -2.57. The van der Waals surface area contributed by atoms with E-state index in [0.29, 0.717) is 12.1 Å². The van der Waals surface area contributed by atoms with Crippen LogP contribution in [0.2, 0.25) is 0 Å². The third-order valence-electron chi connectivity index (χ3n) is 4.56. The molecule has 1 aromatic carbocycles. The molecular weight excluding hydrogens is 232 g/mol. The lowest BCUT2D eigenvalue weighted by Gasteiger charge is -2.43. The van der Waals surface area contributed by atoms with Crippen LogP contribution in [0.4, 0.5) is 0 Å². The van der Waals surface area contributed by atoms with Gasteiger partial charge in [-0.2, -0.15) is 0 Å². The van der Waals surface area contributed by atoms with Gasteiger partial charge in [-0.05, 0) is 17.9 Å². The minimum absolute atomic E-state index is 0.656. The number of benzene rings is 1. The van der Waals surface area contributed by atoms with Gasteiger partial charge in [-0.15, -0.1) is 0 Å². The molecular formula is C17H28N2. The van der Waals surface area contributed by atoms with Crippen molar-refractivity contribution in [3.63, 3.8) is 0 Å². The normalized spacial score (nSPS) is 26.3. The van der Waals surface area contributed by atoms with Crippen molar-refractivity contribution in [2.75, 3.05) is 13.1 Å². The fraction of sp³-hybridized carbons (Fsp3) is 0.647. The van der Waals surface area contributed by atoms with Crippen molar-refractivity contribution < 1.29 is 0 Å². The van der Waals surface area contributed by atoms with E-state index in [9.17, 15) is 0 Å². The van der Waals surface area contributed by atoms with E-state index in [0.717, 1.165) is 19.0 Å². The topological polar surface area (TPSA) is 15.3 Å². The van der Waals surface area contributed by atoms with E-state index in [1.54, 1.807) is 0 Å². The van der Waals surface area contributed by atoms with Crippen molar-refractivity contribution in [3.8, 4) is 0 Å². The third kappa shape index (κ3) is 3.80. The molecule has 0 radical (unpaired) electrons. The molecule has 0 spiro atoms. The summed E-state index contributed by atoms with van der Waals surface area (Å²) in [5, 5.41) is 3.71. The van der Waals surface area contributed by atoms with Crippen LogP contribution < -0.4 is 5.32 Å². The zero-order chi connectivity index (χ0) is 13.7. The van der Waals surface area contributed by atoms with Crippen LogP contribution in [0.15, 0.2) is 30.3 Å². The van der Waals surface area contributed by atoms with Gasteiger partial charge in [-0.1, -0.05) is 57.5 Å². The van der Waals surface area contributed by atoms with Crippen LogP contribution in [0.25, 0.3) is 0 Å². The molecule has 1 aliphatic heterocycles. The smallest absolute Gasteiger partial charge is 0.0250 e. The van der Waals surface area contributed by atoms with E-state index in [2.05, 4.69) is 61.3 Å². The first-order chi connectivity index (χ1) is 9.24. The molecule has 1 heterocycles. The molecule has 3 unspecified atom stereocenters. The Balaban J connectivity index is 2.06. The van der Waals surface area contributed by atoms with Gasteiger partial charge in [0.1, 0.15) is 0 Å². The quantitative estimate of drug-likeness (QED) is 0.874. The second kappa shape index (κ2) is 7.06. The van der Waals surface area contributed by atoms with Gasteiger partial charge in [-0.25, -0.2) is 0 Å². The largest absolute Gasteiger partial charge is 0.311 e. The number of rotatable bonds is 5. The van der Waals surface area contributed by atoms with Gasteiger partial charge in [0, 0.05) is 31.7 Å². The summed E-state index contributed by atoms with van der Waals surface area (Å²) in [5.74, 6) is 0.758. The average Bonchev–Trinajstić information content (AvgIpc) is 2.47. The third-order valence-corrected chi connectivity index (χ3v) is 4.56. The van der Waals surface area contributed by atoms with Crippen LogP contribution in [-0.2, 0) is 6.54 Å². The second-order valence-electron chi connectivity index (χ2n) is 5.88. The van der Waals surface area contributed by atoms with E-state index in [4.69, 9.17) is 0 Å². The Hall–Kier alpha value is -0.860. The molecule has 19 heavy (non-hydrogen) atoms. The van der Waals surface area contributed by atoms with Gasteiger partial charge in [0.05, 0.1) is 0 Å². The monoisotopic (exact) mass is 260 g/mol. The molecule has 106 valence electrons. The number of hydrogen-bond acceptors (Lipinski definition) is 2. The number of nitrogens with zero attached hydrogens (tertiary/aromatic N) is 1. The Morgan fingerprint density at radius 3 is 2.63 bits per heavy atom. The Morgan fingerprint density at radius 2 is 2.00 bits per heavy atom. The summed E-state index contributed by atoms with van der Waals surface area (Å²) in [4.78, 5) is 2.69. The second-order valence-corrected chi connectivity index (χ2v) is 5.88. The van der Waals surface area contributed by atoms with Gasteiger partial charge in [0.25, 0.3) is 0 Å². The molecule has 3 atom stereocenters. The van der Waals surface area contributed by atoms with Crippen LogP contribution >= 0.6 is 0 Å². The molecule has 2 rings (SSSR count). The molecule has 2 nitrogen and oxygen atoms in total. The molecule has 0 bridgehead atoms. The van der Waals surface area contributed by atoms with Crippen LogP contribution in [0.1, 0.15) is 39.2 Å². The minimum atomic E-state index is 0.656. The first kappa shape index (κ1) is 14.5. The number of hydrogen-bond donors (Lipinski definition) is 1. The molecule has 1 aliphatic rings. The number of nitrogens with one attached hydrogen (secondary N) is 1. The first-order valence-corrected chi connectivity index (χ1v) is 7.76. The van der Waals surface area contributed by atoms with Crippen LogP contribution in [0, 0.1) is 5.92 Å². The summed E-state index contributed by atoms with van der Waals surface area (Å²) in [7, 11) is 0. The predicted molar refractivity (Wildman–Crippen MR) is 82.2 cm³/mol. The molecule has 0 aliphatic carbocycles. The van der Waals surface area contributed by atoms with Crippen molar-refractivity contribution in [2.24, 2.45) is 5.92 Å². The SMILES string of the molecule is CCC1CN(Cc2ccccc2)C(C(C)CC)CN1. The maximum absolute atomic E-state index is 3.71. The highest BCUT2D eigenvalue weighted by Gasteiger charge is 2.29. The Bertz CT molecular complexity index is 363. The standard InChI is InChI=1S/C17H28N2/c1-4-14(3)17-11-18-16(5-2)13-19(17)12-15-9-7-6-8-10-15/h6-10,14,16-18H,4-5,11-13H2,1-3H3. The molecule has 2 heteroatoms. The number of piperazine rings is 1. The lowest BCUT2D eigenvalue weighted by molar-refractivity contribution is 0.0833. The first-order valence-electron chi connectivity index (χ1n) is 7.76. The van der Waals surface area contributed by atoms with E-state index in [1.807, 2.05) is 0 Å². The maximum atomic E-state index is 3.71. The fourth-order valence-electron chi connectivity index (χ4n) is 3.01. The van der Waals surface area contributed by atoms with Gasteiger partial charge in [-0.3, -0.25) is 4.90 Å². The van der Waals surface area contributed by atoms with Crippen molar-refractivity contribution in [1.82, 2.24) is 10.2 Å². The average molecular weight is 260 g/mol. The lowest BCUT2D eigenvalue weighted by atomic mass is 9.93. The van der Waals surface area contributed by atoms with Gasteiger partial charge >= 0.3 is 0 Å². The highest BCUT2D eigenvalue weighted by atomic mass is 15.2. The Labute approximate surface area is 118 Å². The minimum Gasteiger partial charge on any atom is -0.311 e. The molecule has 1 aromatic rings. The highest BCUT2D eigenvalue weighted by molar-refractivity contribution is 5.15. The summed E-state index contributed by atoms with van der Waals surface area (Å²) in [5.41, 5.74) is 1.44. The van der Waals surface area contributed by atoms with Gasteiger partial charge in [0.15, 0.2) is 0 Å². The van der Waals surface area contributed by atoms with E-state index in [-0.39, 0.29) is 0 Å². The van der Waals surface area contributed by atoms with E-state index >= 15 is 0 Å². The predicted octanol–water partition coefficient (Wildman–Crippen LogP) is 3.29. The van der Waals surface area contributed by atoms with Crippen molar-refractivity contribution in [1.29, 1.82) is 0 Å². The molecule has 0 amide bonds. The van der Waals surface area contributed by atoms with Gasteiger partial charge < -0.3 is 5.32 Å². The fourth-order valence-corrected chi connectivity index (χ4v) is 3.01. The van der Waals surface area contributed by atoms with E-state index < -0.39 is 0 Å².